The summed E-state index contributed by atoms with van der Waals surface area (Å²) in [6.07, 6.45) is 1.88. The van der Waals surface area contributed by atoms with Gasteiger partial charge in [-0.05, 0) is 16.9 Å². The van der Waals surface area contributed by atoms with Gasteiger partial charge in [-0.25, -0.2) is 4.99 Å². The van der Waals surface area contributed by atoms with Crippen LogP contribution < -0.4 is 0 Å². The highest BCUT2D eigenvalue weighted by Gasteiger charge is 2.31. The summed E-state index contributed by atoms with van der Waals surface area (Å²) in [5.74, 6) is 0.672. The largest absolute Gasteiger partial charge is 0.474 e. The van der Waals surface area contributed by atoms with E-state index in [-0.39, 0.29) is 11.5 Å². The molecule has 1 aliphatic heterocycles. The fourth-order valence-electron chi connectivity index (χ4n) is 2.16. The van der Waals surface area contributed by atoms with Crippen LogP contribution in [0.2, 0.25) is 0 Å². The lowest BCUT2D eigenvalue weighted by Crippen LogP contribution is -2.25. The third-order valence-corrected chi connectivity index (χ3v) is 3.50. The van der Waals surface area contributed by atoms with Crippen molar-refractivity contribution in [1.82, 2.24) is 4.98 Å². The third kappa shape index (κ3) is 2.33. The zero-order valence-corrected chi connectivity index (χ0v) is 11.6. The third-order valence-electron chi connectivity index (χ3n) is 3.50. The number of rotatable bonds is 1. The number of hydrogen-bond donors (Lipinski definition) is 0. The lowest BCUT2D eigenvalue weighted by atomic mass is 9.88. The van der Waals surface area contributed by atoms with Crippen LogP contribution in [-0.4, -0.2) is 23.5 Å². The summed E-state index contributed by atoms with van der Waals surface area (Å²) >= 11 is 0. The molecule has 0 bridgehead atoms. The second kappa shape index (κ2) is 4.34. The molecule has 1 atom stereocenters. The summed E-state index contributed by atoms with van der Waals surface area (Å²) in [6, 6.07) is 10.4. The van der Waals surface area contributed by atoms with Gasteiger partial charge in [0.25, 0.3) is 0 Å². The van der Waals surface area contributed by atoms with Crippen molar-refractivity contribution in [3.8, 4) is 0 Å². The van der Waals surface area contributed by atoms with Crippen molar-refractivity contribution in [1.29, 1.82) is 0 Å². The van der Waals surface area contributed by atoms with E-state index in [0.717, 1.165) is 16.5 Å². The monoisotopic (exact) mass is 254 g/mol. The minimum Gasteiger partial charge on any atom is -0.474 e. The highest BCUT2D eigenvalue weighted by molar-refractivity contribution is 5.97. The van der Waals surface area contributed by atoms with Crippen LogP contribution >= 0.6 is 0 Å². The number of nitrogens with zero attached hydrogens (tertiary/aromatic N) is 2. The first-order chi connectivity index (χ1) is 9.04. The highest BCUT2D eigenvalue weighted by Crippen LogP contribution is 2.27. The van der Waals surface area contributed by atoms with E-state index in [1.54, 1.807) is 0 Å². The first-order valence-corrected chi connectivity index (χ1v) is 6.60. The van der Waals surface area contributed by atoms with Crippen LogP contribution in [0.3, 0.4) is 0 Å². The number of benzene rings is 1. The van der Waals surface area contributed by atoms with Crippen LogP contribution in [0.5, 0.6) is 0 Å². The molecule has 3 rings (SSSR count). The minimum atomic E-state index is 0.124. The van der Waals surface area contributed by atoms with Gasteiger partial charge in [-0.15, -0.1) is 0 Å². The van der Waals surface area contributed by atoms with Gasteiger partial charge in [0.05, 0.1) is 6.04 Å². The van der Waals surface area contributed by atoms with Gasteiger partial charge < -0.3 is 4.74 Å². The van der Waals surface area contributed by atoms with Crippen LogP contribution in [0.25, 0.3) is 10.8 Å². The van der Waals surface area contributed by atoms with Crippen molar-refractivity contribution in [2.45, 2.75) is 26.8 Å². The molecule has 0 amide bonds. The quantitative estimate of drug-likeness (QED) is 0.781. The number of aromatic nitrogens is 1. The Labute approximate surface area is 113 Å². The van der Waals surface area contributed by atoms with Gasteiger partial charge in [0, 0.05) is 11.6 Å². The van der Waals surface area contributed by atoms with Gasteiger partial charge in [-0.2, -0.15) is 0 Å². The summed E-state index contributed by atoms with van der Waals surface area (Å²) in [6.45, 7) is 7.19. The second-order valence-electron chi connectivity index (χ2n) is 6.04. The Morgan fingerprint density at radius 1 is 1.16 bits per heavy atom. The molecule has 1 aromatic carbocycles. The molecular formula is C16H18N2O. The van der Waals surface area contributed by atoms with E-state index in [1.807, 2.05) is 24.4 Å². The maximum Gasteiger partial charge on any atom is 0.235 e. The van der Waals surface area contributed by atoms with Gasteiger partial charge >= 0.3 is 0 Å². The smallest absolute Gasteiger partial charge is 0.235 e. The van der Waals surface area contributed by atoms with Crippen molar-refractivity contribution in [2.75, 3.05) is 6.61 Å². The van der Waals surface area contributed by atoms with E-state index >= 15 is 0 Å². The molecule has 3 heteroatoms. The van der Waals surface area contributed by atoms with Crippen LogP contribution in [-0.2, 0) is 4.74 Å². The zero-order chi connectivity index (χ0) is 13.5. The van der Waals surface area contributed by atoms with Gasteiger partial charge in [0.2, 0.25) is 5.90 Å². The van der Waals surface area contributed by atoms with Crippen LogP contribution in [0, 0.1) is 5.41 Å². The van der Waals surface area contributed by atoms with Crippen molar-refractivity contribution in [2.24, 2.45) is 10.4 Å². The SMILES string of the molecule is CC(C)(C)[C@H]1COC(c2cc3ccccc3cn2)=N1. The van der Waals surface area contributed by atoms with E-state index in [1.165, 1.54) is 0 Å². The average Bonchev–Trinajstić information content (AvgIpc) is 2.87. The Morgan fingerprint density at radius 3 is 2.58 bits per heavy atom. The maximum absolute atomic E-state index is 5.71. The molecule has 3 nitrogen and oxygen atoms in total. The van der Waals surface area contributed by atoms with Gasteiger partial charge in [0.1, 0.15) is 12.3 Å². The van der Waals surface area contributed by atoms with E-state index in [0.29, 0.717) is 12.5 Å². The molecule has 19 heavy (non-hydrogen) atoms. The number of pyridine rings is 1. The Bertz CT molecular complexity index is 640. The van der Waals surface area contributed by atoms with Crippen molar-refractivity contribution in [3.05, 3.63) is 42.2 Å². The lowest BCUT2D eigenvalue weighted by molar-refractivity contribution is 0.235. The van der Waals surface area contributed by atoms with Gasteiger partial charge in [0.15, 0.2) is 0 Å². The topological polar surface area (TPSA) is 34.5 Å². The molecule has 1 aliphatic rings. The van der Waals surface area contributed by atoms with Gasteiger partial charge in [-0.1, -0.05) is 45.0 Å². The Hall–Kier alpha value is -1.90. The van der Waals surface area contributed by atoms with E-state index in [2.05, 4.69) is 42.9 Å². The number of fused-ring (bicyclic) bond motifs is 1. The highest BCUT2D eigenvalue weighted by atomic mass is 16.5. The zero-order valence-electron chi connectivity index (χ0n) is 11.6. The van der Waals surface area contributed by atoms with Crippen molar-refractivity contribution < 1.29 is 4.74 Å². The fraction of sp³-hybridized carbons (Fsp3) is 0.375. The molecule has 1 aromatic heterocycles. The van der Waals surface area contributed by atoms with Crippen LogP contribution in [0.15, 0.2) is 41.5 Å². The van der Waals surface area contributed by atoms with Gasteiger partial charge in [-0.3, -0.25) is 4.98 Å². The first kappa shape index (κ1) is 12.2. The Balaban J connectivity index is 1.97. The fourth-order valence-corrected chi connectivity index (χ4v) is 2.16. The summed E-state index contributed by atoms with van der Waals surface area (Å²) < 4.78 is 5.71. The summed E-state index contributed by atoms with van der Waals surface area (Å²) in [5, 5.41) is 2.30. The van der Waals surface area contributed by atoms with Crippen LogP contribution in [0.4, 0.5) is 0 Å². The predicted molar refractivity (Wildman–Crippen MR) is 77.5 cm³/mol. The number of hydrogen-bond acceptors (Lipinski definition) is 3. The molecule has 2 aromatic rings. The first-order valence-electron chi connectivity index (χ1n) is 6.60. The predicted octanol–water partition coefficient (Wildman–Crippen LogP) is 3.43. The minimum absolute atomic E-state index is 0.124. The van der Waals surface area contributed by atoms with Crippen molar-refractivity contribution >= 4 is 16.7 Å². The number of ether oxygens (including phenoxy) is 1. The molecule has 98 valence electrons. The lowest BCUT2D eigenvalue weighted by Gasteiger charge is -2.21. The normalized spacial score (nSPS) is 19.3. The molecular weight excluding hydrogens is 236 g/mol. The van der Waals surface area contributed by atoms with E-state index < -0.39 is 0 Å². The van der Waals surface area contributed by atoms with Crippen LogP contribution in [0.1, 0.15) is 26.5 Å². The van der Waals surface area contributed by atoms with Crippen molar-refractivity contribution in [3.63, 3.8) is 0 Å². The molecule has 0 unspecified atom stereocenters. The number of aliphatic imine (C=N–C) groups is 1. The molecule has 0 spiro atoms. The van der Waals surface area contributed by atoms with E-state index in [4.69, 9.17) is 4.74 Å². The molecule has 0 aliphatic carbocycles. The molecule has 0 N–H and O–H groups in total. The standard InChI is InChI=1S/C16H18N2O/c1-16(2,3)14-10-19-15(18-14)13-8-11-6-4-5-7-12(11)9-17-13/h4-9,14H,10H2,1-3H3/t14-/m1/s1. The summed E-state index contributed by atoms with van der Waals surface area (Å²) in [5.41, 5.74) is 0.948. The average molecular weight is 254 g/mol. The Morgan fingerprint density at radius 2 is 1.89 bits per heavy atom. The van der Waals surface area contributed by atoms with E-state index in [9.17, 15) is 0 Å². The molecule has 0 saturated carbocycles. The molecule has 0 fully saturated rings. The summed E-state index contributed by atoms with van der Waals surface area (Å²) in [7, 11) is 0. The molecule has 0 radical (unpaired) electrons. The molecule has 0 saturated heterocycles. The Kier molecular flexibility index (Phi) is 2.77. The molecule has 2 heterocycles. The summed E-state index contributed by atoms with van der Waals surface area (Å²) in [4.78, 5) is 9.12. The maximum atomic E-state index is 5.71. The second-order valence-corrected chi connectivity index (χ2v) is 6.04.